The van der Waals surface area contributed by atoms with Crippen molar-refractivity contribution in [1.82, 2.24) is 4.90 Å². The van der Waals surface area contributed by atoms with E-state index in [1.807, 2.05) is 18.2 Å². The molecule has 1 aliphatic heterocycles. The normalized spacial score (nSPS) is 18.5. The van der Waals surface area contributed by atoms with E-state index in [9.17, 15) is 9.90 Å². The molecule has 0 aromatic heterocycles. The molecule has 2 aromatic carbocycles. The van der Waals surface area contributed by atoms with E-state index in [4.69, 9.17) is 4.43 Å². The SMILES string of the molecule is CN(c1ccc(C(=O)O)cc1)[C@H](CN1CC[C@H](O[Si](C)(C)C(C)(C)C)C1)c1ccccc1. The first kappa shape index (κ1) is 24.5. The van der Waals surface area contributed by atoms with E-state index in [0.29, 0.717) is 11.7 Å². The van der Waals surface area contributed by atoms with Crippen LogP contribution in [0.5, 0.6) is 0 Å². The number of carboxylic acids is 1. The molecular weight excluding hydrogens is 416 g/mol. The van der Waals surface area contributed by atoms with Gasteiger partial charge in [-0.15, -0.1) is 0 Å². The Balaban J connectivity index is 1.74. The van der Waals surface area contributed by atoms with Gasteiger partial charge in [-0.2, -0.15) is 0 Å². The number of hydrogen-bond donors (Lipinski definition) is 1. The molecule has 3 rings (SSSR count). The fraction of sp³-hybridized carbons (Fsp3) is 0.500. The molecule has 1 heterocycles. The van der Waals surface area contributed by atoms with Crippen LogP contribution in [0.4, 0.5) is 5.69 Å². The second-order valence-corrected chi connectivity index (χ2v) is 15.2. The highest BCUT2D eigenvalue weighted by molar-refractivity contribution is 6.74. The fourth-order valence-corrected chi connectivity index (χ4v) is 5.42. The number of likely N-dealkylation sites (tertiary alicyclic amines) is 1. The van der Waals surface area contributed by atoms with Gasteiger partial charge in [0.25, 0.3) is 0 Å². The molecule has 174 valence electrons. The average molecular weight is 455 g/mol. The summed E-state index contributed by atoms with van der Waals surface area (Å²) in [5, 5.41) is 9.44. The molecule has 5 nitrogen and oxygen atoms in total. The van der Waals surface area contributed by atoms with E-state index in [0.717, 1.165) is 31.7 Å². The Labute approximate surface area is 194 Å². The smallest absolute Gasteiger partial charge is 0.335 e. The second-order valence-electron chi connectivity index (χ2n) is 10.4. The van der Waals surface area contributed by atoms with Crippen LogP contribution in [0.25, 0.3) is 0 Å². The molecule has 2 aromatic rings. The minimum Gasteiger partial charge on any atom is -0.478 e. The summed E-state index contributed by atoms with van der Waals surface area (Å²) in [7, 11) is 0.313. The van der Waals surface area contributed by atoms with E-state index in [1.54, 1.807) is 12.1 Å². The summed E-state index contributed by atoms with van der Waals surface area (Å²) in [6.07, 6.45) is 1.37. The van der Waals surface area contributed by atoms with Crippen LogP contribution in [-0.4, -0.2) is 57.1 Å². The topological polar surface area (TPSA) is 53.0 Å². The van der Waals surface area contributed by atoms with Crippen molar-refractivity contribution in [3.05, 3.63) is 65.7 Å². The zero-order valence-corrected chi connectivity index (χ0v) is 21.3. The Kier molecular flexibility index (Phi) is 7.48. The largest absolute Gasteiger partial charge is 0.478 e. The van der Waals surface area contributed by atoms with Crippen molar-refractivity contribution >= 4 is 20.0 Å². The van der Waals surface area contributed by atoms with Crippen LogP contribution < -0.4 is 4.90 Å². The average Bonchev–Trinajstić information content (AvgIpc) is 3.17. The lowest BCUT2D eigenvalue weighted by Gasteiger charge is -2.38. The lowest BCUT2D eigenvalue weighted by molar-refractivity contribution is 0.0697. The predicted molar refractivity (Wildman–Crippen MR) is 134 cm³/mol. The van der Waals surface area contributed by atoms with Gasteiger partial charge >= 0.3 is 5.97 Å². The third-order valence-corrected chi connectivity index (χ3v) is 11.6. The van der Waals surface area contributed by atoms with Crippen LogP contribution in [0.3, 0.4) is 0 Å². The standard InChI is InChI=1S/C26H38N2O3Si/c1-26(2,3)32(5,6)31-23-16-17-28(18-23)19-24(20-10-8-7-9-11-20)27(4)22-14-12-21(13-15-22)25(29)30/h7-15,23-24H,16-19H2,1-6H3,(H,29,30)/t23-,24+/m0/s1. The maximum Gasteiger partial charge on any atom is 0.335 e. The third-order valence-electron chi connectivity index (χ3n) is 7.10. The molecule has 1 aliphatic rings. The summed E-state index contributed by atoms with van der Waals surface area (Å²) in [5.41, 5.74) is 2.58. The van der Waals surface area contributed by atoms with Crippen LogP contribution >= 0.6 is 0 Å². The molecule has 0 amide bonds. The summed E-state index contributed by atoms with van der Waals surface area (Å²) < 4.78 is 6.69. The van der Waals surface area contributed by atoms with Crippen molar-refractivity contribution in [1.29, 1.82) is 0 Å². The van der Waals surface area contributed by atoms with Crippen LogP contribution in [0.15, 0.2) is 54.6 Å². The molecule has 1 N–H and O–H groups in total. The van der Waals surface area contributed by atoms with Crippen LogP contribution in [-0.2, 0) is 4.43 Å². The minimum atomic E-state index is -1.78. The minimum absolute atomic E-state index is 0.165. The molecule has 0 saturated carbocycles. The highest BCUT2D eigenvalue weighted by Gasteiger charge is 2.40. The van der Waals surface area contributed by atoms with Crippen LogP contribution in [0, 0.1) is 0 Å². The zero-order valence-electron chi connectivity index (χ0n) is 20.3. The number of rotatable bonds is 8. The van der Waals surface area contributed by atoms with Crippen molar-refractivity contribution in [3.8, 4) is 0 Å². The summed E-state index contributed by atoms with van der Waals surface area (Å²) in [4.78, 5) is 16.0. The number of aromatic carboxylic acids is 1. The number of benzene rings is 2. The molecule has 1 fully saturated rings. The summed E-state index contributed by atoms with van der Waals surface area (Å²) in [6.45, 7) is 14.4. The summed E-state index contributed by atoms with van der Waals surface area (Å²) in [5.74, 6) is -0.899. The summed E-state index contributed by atoms with van der Waals surface area (Å²) in [6, 6.07) is 17.9. The van der Waals surface area contributed by atoms with E-state index in [1.165, 1.54) is 5.56 Å². The molecular formula is C26H38N2O3Si. The molecule has 1 saturated heterocycles. The molecule has 2 atom stereocenters. The number of anilines is 1. The van der Waals surface area contributed by atoms with E-state index in [-0.39, 0.29) is 11.1 Å². The molecule has 0 unspecified atom stereocenters. The van der Waals surface area contributed by atoms with Gasteiger partial charge in [0, 0.05) is 32.4 Å². The lowest BCUT2D eigenvalue weighted by Crippen LogP contribution is -2.44. The van der Waals surface area contributed by atoms with Gasteiger partial charge in [-0.05, 0) is 54.4 Å². The van der Waals surface area contributed by atoms with Gasteiger partial charge < -0.3 is 14.4 Å². The number of carbonyl (C=O) groups is 1. The van der Waals surface area contributed by atoms with E-state index in [2.05, 4.69) is 75.0 Å². The Hall–Kier alpha value is -2.15. The van der Waals surface area contributed by atoms with Crippen LogP contribution in [0.1, 0.15) is 49.2 Å². The Bertz CT molecular complexity index is 894. The number of carboxylic acid groups (broad SMARTS) is 1. The molecule has 0 bridgehead atoms. The van der Waals surface area contributed by atoms with Gasteiger partial charge in [0.05, 0.1) is 17.7 Å². The first-order valence-electron chi connectivity index (χ1n) is 11.5. The van der Waals surface area contributed by atoms with Crippen molar-refractivity contribution in [3.63, 3.8) is 0 Å². The molecule has 0 radical (unpaired) electrons. The first-order valence-corrected chi connectivity index (χ1v) is 14.4. The van der Waals surface area contributed by atoms with Gasteiger partial charge in [-0.3, -0.25) is 4.90 Å². The maximum atomic E-state index is 11.2. The molecule has 0 aliphatic carbocycles. The van der Waals surface area contributed by atoms with E-state index >= 15 is 0 Å². The van der Waals surface area contributed by atoms with Crippen molar-refractivity contribution in [2.24, 2.45) is 0 Å². The monoisotopic (exact) mass is 454 g/mol. The van der Waals surface area contributed by atoms with Gasteiger partial charge in [-0.25, -0.2) is 4.79 Å². The number of nitrogens with zero attached hydrogens (tertiary/aromatic N) is 2. The van der Waals surface area contributed by atoms with Gasteiger partial charge in [0.15, 0.2) is 8.32 Å². The van der Waals surface area contributed by atoms with Crippen molar-refractivity contribution in [2.45, 2.75) is 57.5 Å². The van der Waals surface area contributed by atoms with Crippen LogP contribution in [0.2, 0.25) is 18.1 Å². The number of hydrogen-bond acceptors (Lipinski definition) is 4. The molecule has 0 spiro atoms. The molecule has 32 heavy (non-hydrogen) atoms. The third kappa shape index (κ3) is 5.80. The first-order chi connectivity index (χ1) is 15.0. The Morgan fingerprint density at radius 1 is 1.16 bits per heavy atom. The fourth-order valence-electron chi connectivity index (χ4n) is 4.04. The highest BCUT2D eigenvalue weighted by atomic mass is 28.4. The van der Waals surface area contributed by atoms with Gasteiger partial charge in [0.1, 0.15) is 0 Å². The van der Waals surface area contributed by atoms with Crippen molar-refractivity contribution < 1.29 is 14.3 Å². The second kappa shape index (κ2) is 9.77. The maximum absolute atomic E-state index is 11.2. The highest BCUT2D eigenvalue weighted by Crippen LogP contribution is 2.38. The van der Waals surface area contributed by atoms with Gasteiger partial charge in [-0.1, -0.05) is 51.1 Å². The Morgan fingerprint density at radius 2 is 1.78 bits per heavy atom. The number of likely N-dealkylation sites (N-methyl/N-ethyl adjacent to an activating group) is 1. The lowest BCUT2D eigenvalue weighted by atomic mass is 10.0. The Morgan fingerprint density at radius 3 is 2.34 bits per heavy atom. The quantitative estimate of drug-likeness (QED) is 0.522. The summed E-state index contributed by atoms with van der Waals surface area (Å²) >= 11 is 0. The zero-order chi connectivity index (χ0) is 23.5. The predicted octanol–water partition coefficient (Wildman–Crippen LogP) is 5.66. The van der Waals surface area contributed by atoms with Crippen molar-refractivity contribution in [2.75, 3.05) is 31.6 Å². The van der Waals surface area contributed by atoms with E-state index < -0.39 is 14.3 Å². The molecule has 6 heteroatoms. The van der Waals surface area contributed by atoms with Gasteiger partial charge in [0.2, 0.25) is 0 Å².